The molecular formula is C28H34N2O6. The van der Waals surface area contributed by atoms with E-state index in [1.165, 1.54) is 0 Å². The smallest absolute Gasteiger partial charge is 0.254 e. The first kappa shape index (κ1) is 26.7. The Kier molecular flexibility index (Phi) is 9.39. The van der Waals surface area contributed by atoms with Crippen LogP contribution in [-0.4, -0.2) is 62.1 Å². The molecule has 0 N–H and O–H groups in total. The number of amides is 2. The molecule has 1 heterocycles. The molecule has 192 valence electrons. The summed E-state index contributed by atoms with van der Waals surface area (Å²) in [6.07, 6.45) is 2.18. The average Bonchev–Trinajstić information content (AvgIpc) is 3.42. The van der Waals surface area contributed by atoms with E-state index in [9.17, 15) is 9.59 Å². The van der Waals surface area contributed by atoms with Gasteiger partial charge in [-0.05, 0) is 68.3 Å². The minimum absolute atomic E-state index is 0.0552. The highest BCUT2D eigenvalue weighted by molar-refractivity contribution is 5.97. The summed E-state index contributed by atoms with van der Waals surface area (Å²) in [5.41, 5.74) is 1.47. The van der Waals surface area contributed by atoms with E-state index in [1.807, 2.05) is 38.1 Å². The summed E-state index contributed by atoms with van der Waals surface area (Å²) in [5, 5.41) is 0. The molecule has 0 aliphatic carbocycles. The average molecular weight is 495 g/mol. The molecule has 36 heavy (non-hydrogen) atoms. The molecule has 2 aromatic carbocycles. The lowest BCUT2D eigenvalue weighted by Gasteiger charge is -2.30. The van der Waals surface area contributed by atoms with Crippen LogP contribution in [0.1, 0.15) is 35.5 Å². The highest BCUT2D eigenvalue weighted by Gasteiger charge is 2.25. The van der Waals surface area contributed by atoms with Crippen LogP contribution in [-0.2, 0) is 17.8 Å². The van der Waals surface area contributed by atoms with Crippen LogP contribution in [0.5, 0.6) is 17.2 Å². The lowest BCUT2D eigenvalue weighted by Crippen LogP contribution is -2.46. The Hall–Kier alpha value is -3.94. The fourth-order valence-corrected chi connectivity index (χ4v) is 3.84. The first-order chi connectivity index (χ1) is 17.4. The molecule has 0 aliphatic heterocycles. The largest absolute Gasteiger partial charge is 0.497 e. The van der Waals surface area contributed by atoms with Crippen molar-refractivity contribution >= 4 is 11.8 Å². The molecule has 0 unspecified atom stereocenters. The Morgan fingerprint density at radius 2 is 1.69 bits per heavy atom. The first-order valence-corrected chi connectivity index (χ1v) is 11.8. The van der Waals surface area contributed by atoms with Crippen molar-refractivity contribution in [2.24, 2.45) is 0 Å². The van der Waals surface area contributed by atoms with Gasteiger partial charge >= 0.3 is 0 Å². The van der Waals surface area contributed by atoms with Crippen molar-refractivity contribution in [3.63, 3.8) is 0 Å². The van der Waals surface area contributed by atoms with Gasteiger partial charge in [0.1, 0.15) is 18.1 Å². The maximum absolute atomic E-state index is 13.5. The van der Waals surface area contributed by atoms with Crippen LogP contribution in [0.15, 0.2) is 65.3 Å². The van der Waals surface area contributed by atoms with Crippen molar-refractivity contribution in [2.75, 3.05) is 34.4 Å². The van der Waals surface area contributed by atoms with E-state index in [0.29, 0.717) is 48.1 Å². The molecule has 0 spiro atoms. The molecule has 1 aromatic heterocycles. The molecule has 8 nitrogen and oxygen atoms in total. The number of hydrogen-bond donors (Lipinski definition) is 0. The van der Waals surface area contributed by atoms with Gasteiger partial charge in [0.05, 0.1) is 34.1 Å². The van der Waals surface area contributed by atoms with Crippen molar-refractivity contribution in [3.8, 4) is 17.2 Å². The van der Waals surface area contributed by atoms with Gasteiger partial charge < -0.3 is 28.4 Å². The number of benzene rings is 2. The van der Waals surface area contributed by atoms with Gasteiger partial charge in [0.25, 0.3) is 5.91 Å². The fourth-order valence-electron chi connectivity index (χ4n) is 3.84. The summed E-state index contributed by atoms with van der Waals surface area (Å²) >= 11 is 0. The summed E-state index contributed by atoms with van der Waals surface area (Å²) in [5.74, 6) is 2.14. The third kappa shape index (κ3) is 6.81. The molecule has 0 saturated carbocycles. The van der Waals surface area contributed by atoms with Crippen LogP contribution in [0.25, 0.3) is 0 Å². The number of rotatable bonds is 12. The van der Waals surface area contributed by atoms with E-state index >= 15 is 0 Å². The van der Waals surface area contributed by atoms with Crippen LogP contribution < -0.4 is 14.2 Å². The fraction of sp³-hybridized carbons (Fsp3) is 0.357. The Bertz CT molecular complexity index is 1140. The lowest BCUT2D eigenvalue weighted by molar-refractivity contribution is -0.133. The normalized spacial score (nSPS) is 10.7. The number of nitrogens with zero attached hydrogens (tertiary/aromatic N) is 2. The van der Waals surface area contributed by atoms with Gasteiger partial charge in [-0.3, -0.25) is 9.59 Å². The zero-order valence-corrected chi connectivity index (χ0v) is 21.5. The lowest BCUT2D eigenvalue weighted by atomic mass is 10.1. The number of carbonyl (C=O) groups is 2. The maximum Gasteiger partial charge on any atom is 0.254 e. The predicted molar refractivity (Wildman–Crippen MR) is 137 cm³/mol. The number of furan rings is 1. The molecule has 0 aliphatic rings. The van der Waals surface area contributed by atoms with Gasteiger partial charge in [0, 0.05) is 18.2 Å². The standard InChI is InChI=1S/C28H34N2O6/c1-20(2)30(28(32)22-8-6-9-23(17-22)33-3)19-27(31)29(18-24-10-7-15-36-24)14-13-21-11-12-25(34-4)26(16-21)35-5/h6-12,15-17,20H,13-14,18-19H2,1-5H3. The zero-order chi connectivity index (χ0) is 26.1. The Labute approximate surface area is 212 Å². The summed E-state index contributed by atoms with van der Waals surface area (Å²) in [7, 11) is 4.74. The molecule has 0 saturated heterocycles. The van der Waals surface area contributed by atoms with Crippen molar-refractivity contribution in [3.05, 3.63) is 77.7 Å². The zero-order valence-electron chi connectivity index (χ0n) is 21.5. The van der Waals surface area contributed by atoms with Gasteiger partial charge in [0.2, 0.25) is 5.91 Å². The van der Waals surface area contributed by atoms with Gasteiger partial charge in [-0.25, -0.2) is 0 Å². The van der Waals surface area contributed by atoms with Crippen LogP contribution >= 0.6 is 0 Å². The highest BCUT2D eigenvalue weighted by Crippen LogP contribution is 2.28. The van der Waals surface area contributed by atoms with Crippen molar-refractivity contribution < 1.29 is 28.2 Å². The van der Waals surface area contributed by atoms with Gasteiger partial charge in [-0.2, -0.15) is 0 Å². The molecule has 0 atom stereocenters. The molecule has 2 amide bonds. The Balaban J connectivity index is 1.78. The number of hydrogen-bond acceptors (Lipinski definition) is 6. The second kappa shape index (κ2) is 12.7. The van der Waals surface area contributed by atoms with Gasteiger partial charge in [0.15, 0.2) is 11.5 Å². The Morgan fingerprint density at radius 1 is 0.917 bits per heavy atom. The van der Waals surface area contributed by atoms with Crippen LogP contribution in [0.2, 0.25) is 0 Å². The molecule has 0 bridgehead atoms. The Morgan fingerprint density at radius 3 is 2.33 bits per heavy atom. The van der Waals surface area contributed by atoms with E-state index in [1.54, 1.807) is 67.7 Å². The topological polar surface area (TPSA) is 81.5 Å². The second-order valence-electron chi connectivity index (χ2n) is 8.59. The maximum atomic E-state index is 13.5. The van der Waals surface area contributed by atoms with E-state index in [4.69, 9.17) is 18.6 Å². The van der Waals surface area contributed by atoms with Gasteiger partial charge in [-0.1, -0.05) is 12.1 Å². The molecular weight excluding hydrogens is 460 g/mol. The second-order valence-corrected chi connectivity index (χ2v) is 8.59. The quantitative estimate of drug-likeness (QED) is 0.371. The SMILES string of the molecule is COc1cccc(C(=O)N(CC(=O)N(CCc2ccc(OC)c(OC)c2)Cc2ccco2)C(C)C)c1. The van der Waals surface area contributed by atoms with Crippen LogP contribution in [0.3, 0.4) is 0 Å². The van der Waals surface area contributed by atoms with Crippen LogP contribution in [0, 0.1) is 0 Å². The molecule has 3 aromatic rings. The van der Waals surface area contributed by atoms with Crippen molar-refractivity contribution in [1.82, 2.24) is 9.80 Å². The van der Waals surface area contributed by atoms with E-state index in [2.05, 4.69) is 0 Å². The monoisotopic (exact) mass is 494 g/mol. The summed E-state index contributed by atoms with van der Waals surface area (Å²) in [6.45, 7) is 4.48. The third-order valence-electron chi connectivity index (χ3n) is 5.90. The number of methoxy groups -OCH3 is 3. The molecule has 0 fully saturated rings. The summed E-state index contributed by atoms with van der Waals surface area (Å²) in [6, 6.07) is 16.1. The van der Waals surface area contributed by atoms with E-state index in [-0.39, 0.29) is 24.4 Å². The summed E-state index contributed by atoms with van der Waals surface area (Å²) < 4.78 is 21.5. The molecule has 8 heteroatoms. The first-order valence-electron chi connectivity index (χ1n) is 11.8. The number of ether oxygens (including phenoxy) is 3. The third-order valence-corrected chi connectivity index (χ3v) is 5.90. The van der Waals surface area contributed by atoms with E-state index < -0.39 is 0 Å². The van der Waals surface area contributed by atoms with Crippen molar-refractivity contribution in [2.45, 2.75) is 32.9 Å². The predicted octanol–water partition coefficient (Wildman–Crippen LogP) is 4.43. The number of carbonyl (C=O) groups excluding carboxylic acids is 2. The molecule has 3 rings (SSSR count). The van der Waals surface area contributed by atoms with Gasteiger partial charge in [-0.15, -0.1) is 0 Å². The van der Waals surface area contributed by atoms with Crippen LogP contribution in [0.4, 0.5) is 0 Å². The minimum atomic E-state index is -0.227. The highest BCUT2D eigenvalue weighted by atomic mass is 16.5. The molecule has 0 radical (unpaired) electrons. The summed E-state index contributed by atoms with van der Waals surface area (Å²) in [4.78, 5) is 30.1. The minimum Gasteiger partial charge on any atom is -0.497 e. The van der Waals surface area contributed by atoms with Crippen molar-refractivity contribution in [1.29, 1.82) is 0 Å². The van der Waals surface area contributed by atoms with E-state index in [0.717, 1.165) is 5.56 Å².